The number of amides is 1. The molecule has 0 aromatic rings. The van der Waals surface area contributed by atoms with Crippen molar-refractivity contribution >= 4 is 5.91 Å². The molecule has 110 valence electrons. The van der Waals surface area contributed by atoms with E-state index in [2.05, 4.69) is 19.2 Å². The highest BCUT2D eigenvalue weighted by Crippen LogP contribution is 2.31. The second-order valence-electron chi connectivity index (χ2n) is 6.74. The van der Waals surface area contributed by atoms with Gasteiger partial charge in [-0.1, -0.05) is 20.3 Å². The van der Waals surface area contributed by atoms with Crippen molar-refractivity contribution in [3.8, 4) is 0 Å². The second-order valence-corrected chi connectivity index (χ2v) is 6.74. The molecule has 19 heavy (non-hydrogen) atoms. The average molecular weight is 268 g/mol. The SMILES string of the molecule is CC1CCCC(N)C1C(=O)NCC1(C)CCOCC1. The van der Waals surface area contributed by atoms with Gasteiger partial charge < -0.3 is 15.8 Å². The van der Waals surface area contributed by atoms with E-state index in [-0.39, 0.29) is 23.3 Å². The maximum atomic E-state index is 12.4. The minimum absolute atomic E-state index is 0.00260. The Morgan fingerprint density at radius 1 is 1.37 bits per heavy atom. The van der Waals surface area contributed by atoms with Gasteiger partial charge in [-0.05, 0) is 37.0 Å². The van der Waals surface area contributed by atoms with Crippen molar-refractivity contribution in [3.05, 3.63) is 0 Å². The lowest BCUT2D eigenvalue weighted by molar-refractivity contribution is -0.129. The van der Waals surface area contributed by atoms with Crippen LogP contribution in [0, 0.1) is 17.3 Å². The van der Waals surface area contributed by atoms with Crippen molar-refractivity contribution in [2.45, 2.75) is 52.0 Å². The summed E-state index contributed by atoms with van der Waals surface area (Å²) in [5.74, 6) is 0.566. The maximum Gasteiger partial charge on any atom is 0.224 e. The zero-order valence-corrected chi connectivity index (χ0v) is 12.3. The highest BCUT2D eigenvalue weighted by atomic mass is 16.5. The Labute approximate surface area is 116 Å². The first kappa shape index (κ1) is 14.8. The summed E-state index contributed by atoms with van der Waals surface area (Å²) in [5, 5.41) is 3.15. The molecule has 1 saturated carbocycles. The molecule has 2 fully saturated rings. The molecule has 1 heterocycles. The van der Waals surface area contributed by atoms with Crippen LogP contribution in [0.15, 0.2) is 0 Å². The van der Waals surface area contributed by atoms with E-state index in [9.17, 15) is 4.79 Å². The zero-order chi connectivity index (χ0) is 13.9. The monoisotopic (exact) mass is 268 g/mol. The van der Waals surface area contributed by atoms with Crippen molar-refractivity contribution in [2.75, 3.05) is 19.8 Å². The first-order chi connectivity index (χ1) is 9.02. The highest BCUT2D eigenvalue weighted by Gasteiger charge is 2.35. The van der Waals surface area contributed by atoms with E-state index in [0.29, 0.717) is 5.92 Å². The summed E-state index contributed by atoms with van der Waals surface area (Å²) in [5.41, 5.74) is 6.32. The van der Waals surface area contributed by atoms with E-state index in [1.807, 2.05) is 0 Å². The van der Waals surface area contributed by atoms with Crippen molar-refractivity contribution < 1.29 is 9.53 Å². The molecule has 1 aliphatic carbocycles. The first-order valence-electron chi connectivity index (χ1n) is 7.63. The lowest BCUT2D eigenvalue weighted by atomic mass is 9.76. The lowest BCUT2D eigenvalue weighted by Gasteiger charge is -2.36. The van der Waals surface area contributed by atoms with Crippen LogP contribution in [0.5, 0.6) is 0 Å². The van der Waals surface area contributed by atoms with Crippen LogP contribution in [0.3, 0.4) is 0 Å². The molecule has 3 atom stereocenters. The van der Waals surface area contributed by atoms with Gasteiger partial charge in [-0.15, -0.1) is 0 Å². The fourth-order valence-corrected chi connectivity index (χ4v) is 3.37. The van der Waals surface area contributed by atoms with Crippen molar-refractivity contribution in [3.63, 3.8) is 0 Å². The smallest absolute Gasteiger partial charge is 0.224 e. The van der Waals surface area contributed by atoms with Gasteiger partial charge in [0.05, 0.1) is 5.92 Å². The molecule has 4 nitrogen and oxygen atoms in total. The van der Waals surface area contributed by atoms with Crippen molar-refractivity contribution in [2.24, 2.45) is 23.0 Å². The summed E-state index contributed by atoms with van der Waals surface area (Å²) in [6.45, 7) is 6.77. The molecular weight excluding hydrogens is 240 g/mol. The van der Waals surface area contributed by atoms with Gasteiger partial charge >= 0.3 is 0 Å². The lowest BCUT2D eigenvalue weighted by Crippen LogP contribution is -2.49. The Morgan fingerprint density at radius 2 is 2.05 bits per heavy atom. The third-order valence-corrected chi connectivity index (χ3v) is 4.96. The molecule has 0 spiro atoms. The Balaban J connectivity index is 1.86. The summed E-state index contributed by atoms with van der Waals surface area (Å²) >= 11 is 0. The van der Waals surface area contributed by atoms with Gasteiger partial charge in [-0.25, -0.2) is 0 Å². The van der Waals surface area contributed by atoms with Gasteiger partial charge in [0.1, 0.15) is 0 Å². The molecule has 1 saturated heterocycles. The van der Waals surface area contributed by atoms with Gasteiger partial charge in [-0.2, -0.15) is 0 Å². The van der Waals surface area contributed by atoms with Crippen LogP contribution < -0.4 is 11.1 Å². The predicted octanol–water partition coefficient (Wildman–Crippen LogP) is 1.68. The van der Waals surface area contributed by atoms with Crippen molar-refractivity contribution in [1.29, 1.82) is 0 Å². The Kier molecular flexibility index (Phi) is 4.85. The van der Waals surface area contributed by atoms with Crippen molar-refractivity contribution in [1.82, 2.24) is 5.32 Å². The van der Waals surface area contributed by atoms with Gasteiger partial charge in [0.25, 0.3) is 0 Å². The number of carbonyl (C=O) groups is 1. The van der Waals surface area contributed by atoms with E-state index >= 15 is 0 Å². The maximum absolute atomic E-state index is 12.4. The highest BCUT2D eigenvalue weighted by molar-refractivity contribution is 5.79. The molecular formula is C15H28N2O2. The van der Waals surface area contributed by atoms with Crippen LogP contribution in [0.2, 0.25) is 0 Å². The molecule has 4 heteroatoms. The van der Waals surface area contributed by atoms with Crippen LogP contribution in [-0.2, 0) is 9.53 Å². The molecule has 1 aliphatic heterocycles. The molecule has 2 rings (SSSR count). The number of ether oxygens (including phenoxy) is 1. The van der Waals surface area contributed by atoms with E-state index < -0.39 is 0 Å². The average Bonchev–Trinajstić information content (AvgIpc) is 2.37. The number of carbonyl (C=O) groups excluding carboxylic acids is 1. The molecule has 0 radical (unpaired) electrons. The number of nitrogens with one attached hydrogen (secondary N) is 1. The summed E-state index contributed by atoms with van der Waals surface area (Å²) in [7, 11) is 0. The molecule has 3 unspecified atom stereocenters. The number of hydrogen-bond acceptors (Lipinski definition) is 3. The fraction of sp³-hybridized carbons (Fsp3) is 0.933. The summed E-state index contributed by atoms with van der Waals surface area (Å²) < 4.78 is 5.39. The Hall–Kier alpha value is -0.610. The summed E-state index contributed by atoms with van der Waals surface area (Å²) in [6.07, 6.45) is 5.31. The summed E-state index contributed by atoms with van der Waals surface area (Å²) in [4.78, 5) is 12.4. The topological polar surface area (TPSA) is 64.4 Å². The second kappa shape index (κ2) is 6.23. The Morgan fingerprint density at radius 3 is 2.68 bits per heavy atom. The zero-order valence-electron chi connectivity index (χ0n) is 12.3. The Bertz CT molecular complexity index is 303. The quantitative estimate of drug-likeness (QED) is 0.818. The van der Waals surface area contributed by atoms with Crippen LogP contribution in [-0.4, -0.2) is 31.7 Å². The molecule has 0 aromatic carbocycles. The van der Waals surface area contributed by atoms with Crippen LogP contribution in [0.25, 0.3) is 0 Å². The summed E-state index contributed by atoms with van der Waals surface area (Å²) in [6, 6.07) is 0.0336. The normalized spacial score (nSPS) is 34.8. The minimum Gasteiger partial charge on any atom is -0.381 e. The van der Waals surface area contributed by atoms with Gasteiger partial charge in [0.15, 0.2) is 0 Å². The number of nitrogens with two attached hydrogens (primary N) is 1. The minimum atomic E-state index is -0.00260. The van der Waals surface area contributed by atoms with E-state index in [1.54, 1.807) is 0 Å². The molecule has 1 amide bonds. The fourth-order valence-electron chi connectivity index (χ4n) is 3.37. The third-order valence-electron chi connectivity index (χ3n) is 4.96. The van der Waals surface area contributed by atoms with Crippen LogP contribution in [0.1, 0.15) is 46.0 Å². The number of hydrogen-bond donors (Lipinski definition) is 2. The largest absolute Gasteiger partial charge is 0.381 e. The standard InChI is InChI=1S/C15H28N2O2/c1-11-4-3-5-12(16)13(11)14(18)17-10-15(2)6-8-19-9-7-15/h11-13H,3-10,16H2,1-2H3,(H,17,18). The van der Waals surface area contributed by atoms with Crippen LogP contribution in [0.4, 0.5) is 0 Å². The van der Waals surface area contributed by atoms with E-state index in [0.717, 1.165) is 51.9 Å². The third kappa shape index (κ3) is 3.69. The van der Waals surface area contributed by atoms with Crippen LogP contribution >= 0.6 is 0 Å². The van der Waals surface area contributed by atoms with Gasteiger partial charge in [0, 0.05) is 25.8 Å². The van der Waals surface area contributed by atoms with Gasteiger partial charge in [0.2, 0.25) is 5.91 Å². The predicted molar refractivity (Wildman–Crippen MR) is 75.7 cm³/mol. The molecule has 0 bridgehead atoms. The molecule has 0 aromatic heterocycles. The van der Waals surface area contributed by atoms with E-state index in [1.165, 1.54) is 0 Å². The van der Waals surface area contributed by atoms with E-state index in [4.69, 9.17) is 10.5 Å². The molecule has 2 aliphatic rings. The first-order valence-corrected chi connectivity index (χ1v) is 7.63. The number of rotatable bonds is 3. The molecule has 3 N–H and O–H groups in total. The van der Waals surface area contributed by atoms with Gasteiger partial charge in [-0.3, -0.25) is 4.79 Å².